The predicted octanol–water partition coefficient (Wildman–Crippen LogP) is 2.31. The zero-order valence-corrected chi connectivity index (χ0v) is 7.35. The van der Waals surface area contributed by atoms with Crippen molar-refractivity contribution in [3.8, 4) is 5.88 Å². The standard InChI is InChI=1S/C8H10ClNO/c1-3-7-6(9)4-5-8(10-7)11-2/h4-5H,3H2,1-2H3. The molecule has 0 aliphatic rings. The fourth-order valence-electron chi connectivity index (χ4n) is 0.826. The quantitative estimate of drug-likeness (QED) is 0.682. The number of hydrogen-bond acceptors (Lipinski definition) is 2. The molecule has 1 rings (SSSR count). The van der Waals surface area contributed by atoms with E-state index in [0.717, 1.165) is 12.1 Å². The number of nitrogens with zero attached hydrogens (tertiary/aromatic N) is 1. The van der Waals surface area contributed by atoms with Crippen molar-refractivity contribution in [2.45, 2.75) is 13.3 Å². The first-order chi connectivity index (χ1) is 5.27. The van der Waals surface area contributed by atoms with Crippen molar-refractivity contribution in [1.82, 2.24) is 4.98 Å². The van der Waals surface area contributed by atoms with E-state index in [1.807, 2.05) is 6.92 Å². The molecule has 60 valence electrons. The fraction of sp³-hybridized carbons (Fsp3) is 0.375. The number of ether oxygens (including phenoxy) is 1. The first-order valence-corrected chi connectivity index (χ1v) is 3.85. The predicted molar refractivity (Wildman–Crippen MR) is 45.2 cm³/mol. The Morgan fingerprint density at radius 1 is 1.55 bits per heavy atom. The maximum Gasteiger partial charge on any atom is 0.213 e. The summed E-state index contributed by atoms with van der Waals surface area (Å²) in [6.07, 6.45) is 0.829. The van der Waals surface area contributed by atoms with E-state index in [1.165, 1.54) is 0 Å². The number of aryl methyl sites for hydroxylation is 1. The molecule has 0 N–H and O–H groups in total. The zero-order valence-electron chi connectivity index (χ0n) is 6.60. The maximum absolute atomic E-state index is 5.84. The third kappa shape index (κ3) is 1.84. The van der Waals surface area contributed by atoms with Crippen molar-refractivity contribution in [3.05, 3.63) is 22.8 Å². The first-order valence-electron chi connectivity index (χ1n) is 3.47. The van der Waals surface area contributed by atoms with Gasteiger partial charge in [0.05, 0.1) is 17.8 Å². The molecule has 0 unspecified atom stereocenters. The second-order valence-electron chi connectivity index (χ2n) is 2.14. The van der Waals surface area contributed by atoms with E-state index in [4.69, 9.17) is 16.3 Å². The van der Waals surface area contributed by atoms with Gasteiger partial charge in [-0.15, -0.1) is 0 Å². The van der Waals surface area contributed by atoms with Gasteiger partial charge in [-0.05, 0) is 12.5 Å². The Morgan fingerprint density at radius 2 is 2.27 bits per heavy atom. The molecule has 0 spiro atoms. The van der Waals surface area contributed by atoms with Crippen molar-refractivity contribution in [2.24, 2.45) is 0 Å². The SMILES string of the molecule is CCc1nc(OC)ccc1Cl. The highest BCUT2D eigenvalue weighted by Crippen LogP contribution is 2.17. The Kier molecular flexibility index (Phi) is 2.71. The highest BCUT2D eigenvalue weighted by atomic mass is 35.5. The highest BCUT2D eigenvalue weighted by molar-refractivity contribution is 6.31. The van der Waals surface area contributed by atoms with E-state index < -0.39 is 0 Å². The summed E-state index contributed by atoms with van der Waals surface area (Å²) in [5, 5.41) is 0.702. The van der Waals surface area contributed by atoms with Gasteiger partial charge in [-0.3, -0.25) is 0 Å². The number of pyridine rings is 1. The van der Waals surface area contributed by atoms with Crippen LogP contribution in [0.15, 0.2) is 12.1 Å². The molecule has 0 aliphatic heterocycles. The summed E-state index contributed by atoms with van der Waals surface area (Å²) in [6, 6.07) is 3.55. The number of halogens is 1. The van der Waals surface area contributed by atoms with Crippen LogP contribution in [0.3, 0.4) is 0 Å². The summed E-state index contributed by atoms with van der Waals surface area (Å²) in [5.41, 5.74) is 0.881. The number of rotatable bonds is 2. The van der Waals surface area contributed by atoms with Gasteiger partial charge >= 0.3 is 0 Å². The van der Waals surface area contributed by atoms with Crippen molar-refractivity contribution in [3.63, 3.8) is 0 Å². The van der Waals surface area contributed by atoms with Gasteiger partial charge in [0.2, 0.25) is 5.88 Å². The van der Waals surface area contributed by atoms with E-state index >= 15 is 0 Å². The molecular weight excluding hydrogens is 162 g/mol. The molecule has 3 heteroatoms. The summed E-state index contributed by atoms with van der Waals surface area (Å²) in [4.78, 5) is 4.16. The minimum absolute atomic E-state index is 0.617. The van der Waals surface area contributed by atoms with Gasteiger partial charge in [0.1, 0.15) is 0 Å². The Hall–Kier alpha value is -0.760. The Morgan fingerprint density at radius 3 is 2.82 bits per heavy atom. The van der Waals surface area contributed by atoms with Crippen molar-refractivity contribution in [2.75, 3.05) is 7.11 Å². The summed E-state index contributed by atoms with van der Waals surface area (Å²) in [6.45, 7) is 2.01. The summed E-state index contributed by atoms with van der Waals surface area (Å²) in [5.74, 6) is 0.617. The summed E-state index contributed by atoms with van der Waals surface area (Å²) in [7, 11) is 1.59. The smallest absolute Gasteiger partial charge is 0.213 e. The molecule has 1 heterocycles. The van der Waals surface area contributed by atoms with E-state index in [9.17, 15) is 0 Å². The van der Waals surface area contributed by atoms with Crippen molar-refractivity contribution < 1.29 is 4.74 Å². The third-order valence-electron chi connectivity index (χ3n) is 1.44. The normalized spacial score (nSPS) is 9.73. The van der Waals surface area contributed by atoms with Gasteiger partial charge in [0.25, 0.3) is 0 Å². The molecule has 0 bridgehead atoms. The van der Waals surface area contributed by atoms with Gasteiger partial charge in [-0.2, -0.15) is 0 Å². The van der Waals surface area contributed by atoms with Crippen LogP contribution in [-0.4, -0.2) is 12.1 Å². The molecule has 11 heavy (non-hydrogen) atoms. The van der Waals surface area contributed by atoms with Gasteiger partial charge in [0.15, 0.2) is 0 Å². The number of hydrogen-bond donors (Lipinski definition) is 0. The van der Waals surface area contributed by atoms with Crippen LogP contribution < -0.4 is 4.74 Å². The number of aromatic nitrogens is 1. The summed E-state index contributed by atoms with van der Waals surface area (Å²) >= 11 is 5.84. The molecule has 0 saturated heterocycles. The van der Waals surface area contributed by atoms with Crippen molar-refractivity contribution in [1.29, 1.82) is 0 Å². The van der Waals surface area contributed by atoms with E-state index in [2.05, 4.69) is 4.98 Å². The highest BCUT2D eigenvalue weighted by Gasteiger charge is 2.00. The first kappa shape index (κ1) is 8.34. The molecule has 2 nitrogen and oxygen atoms in total. The lowest BCUT2D eigenvalue weighted by molar-refractivity contribution is 0.396. The van der Waals surface area contributed by atoms with Gasteiger partial charge in [-0.1, -0.05) is 18.5 Å². The topological polar surface area (TPSA) is 22.1 Å². The third-order valence-corrected chi connectivity index (χ3v) is 1.78. The molecule has 0 aliphatic carbocycles. The van der Waals surface area contributed by atoms with Gasteiger partial charge < -0.3 is 4.74 Å². The molecule has 0 amide bonds. The molecule has 0 aromatic carbocycles. The largest absolute Gasteiger partial charge is 0.481 e. The van der Waals surface area contributed by atoms with Gasteiger partial charge in [-0.25, -0.2) is 4.98 Å². The monoisotopic (exact) mass is 171 g/mol. The molecule has 0 fully saturated rings. The van der Waals surface area contributed by atoms with Crippen LogP contribution in [0.1, 0.15) is 12.6 Å². The van der Waals surface area contributed by atoms with E-state index in [1.54, 1.807) is 19.2 Å². The van der Waals surface area contributed by atoms with Crippen LogP contribution in [0.2, 0.25) is 5.02 Å². The van der Waals surface area contributed by atoms with Crippen molar-refractivity contribution >= 4 is 11.6 Å². The van der Waals surface area contributed by atoms with Crippen LogP contribution in [0.25, 0.3) is 0 Å². The van der Waals surface area contributed by atoms with E-state index in [0.29, 0.717) is 10.9 Å². The maximum atomic E-state index is 5.84. The lowest BCUT2D eigenvalue weighted by Crippen LogP contribution is -1.92. The molecule has 0 atom stereocenters. The minimum atomic E-state index is 0.617. The number of methoxy groups -OCH3 is 1. The molecule has 1 aromatic heterocycles. The van der Waals surface area contributed by atoms with Gasteiger partial charge in [0, 0.05) is 6.07 Å². The van der Waals surface area contributed by atoms with Crippen LogP contribution in [-0.2, 0) is 6.42 Å². The zero-order chi connectivity index (χ0) is 8.27. The molecule has 0 saturated carbocycles. The molecular formula is C8H10ClNO. The second-order valence-corrected chi connectivity index (χ2v) is 2.54. The fourth-order valence-corrected chi connectivity index (χ4v) is 1.06. The van der Waals surface area contributed by atoms with Crippen LogP contribution in [0.5, 0.6) is 5.88 Å². The Labute approximate surface area is 71.2 Å². The molecule has 1 aromatic rings. The minimum Gasteiger partial charge on any atom is -0.481 e. The summed E-state index contributed by atoms with van der Waals surface area (Å²) < 4.78 is 4.94. The Bertz CT molecular complexity index is 250. The van der Waals surface area contributed by atoms with Crippen LogP contribution >= 0.6 is 11.6 Å². The average molecular weight is 172 g/mol. The average Bonchev–Trinajstić information content (AvgIpc) is 2.05. The lowest BCUT2D eigenvalue weighted by Gasteiger charge is -2.02. The van der Waals surface area contributed by atoms with Crippen LogP contribution in [0.4, 0.5) is 0 Å². The lowest BCUT2D eigenvalue weighted by atomic mass is 10.3. The van der Waals surface area contributed by atoms with Crippen LogP contribution in [0, 0.1) is 0 Å². The Balaban J connectivity index is 3.02. The second kappa shape index (κ2) is 3.58. The molecule has 0 radical (unpaired) electrons. The van der Waals surface area contributed by atoms with E-state index in [-0.39, 0.29) is 0 Å².